The van der Waals surface area contributed by atoms with Gasteiger partial charge in [-0.15, -0.1) is 0 Å². The van der Waals surface area contributed by atoms with Crippen molar-refractivity contribution in [2.75, 3.05) is 12.4 Å². The maximum Gasteiger partial charge on any atom is 0.248 e. The first kappa shape index (κ1) is 18.6. The molecule has 0 aliphatic heterocycles. The van der Waals surface area contributed by atoms with Crippen LogP contribution in [0.5, 0.6) is 5.75 Å². The molecular weight excluding hydrogens is 362 g/mol. The number of hydrogen-bond acceptors (Lipinski definition) is 3. The molecule has 1 aromatic heterocycles. The SMILES string of the molecule is COc1cc2occ(-c3ccccc3)c2cc1/C(C)=C/C(=O)Nc1ccccc1. The van der Waals surface area contributed by atoms with Gasteiger partial charge in [-0.1, -0.05) is 48.5 Å². The summed E-state index contributed by atoms with van der Waals surface area (Å²) in [6.45, 7) is 1.90. The Morgan fingerprint density at radius 1 is 1.00 bits per heavy atom. The van der Waals surface area contributed by atoms with Crippen molar-refractivity contribution in [3.8, 4) is 16.9 Å². The molecule has 0 radical (unpaired) electrons. The van der Waals surface area contributed by atoms with Crippen molar-refractivity contribution in [1.82, 2.24) is 0 Å². The van der Waals surface area contributed by atoms with Gasteiger partial charge in [-0.3, -0.25) is 4.79 Å². The molecule has 0 fully saturated rings. The Morgan fingerprint density at radius 2 is 1.69 bits per heavy atom. The first-order valence-corrected chi connectivity index (χ1v) is 9.35. The fourth-order valence-electron chi connectivity index (χ4n) is 3.35. The Morgan fingerprint density at radius 3 is 2.38 bits per heavy atom. The normalized spacial score (nSPS) is 11.4. The van der Waals surface area contributed by atoms with Crippen molar-refractivity contribution in [2.24, 2.45) is 0 Å². The van der Waals surface area contributed by atoms with E-state index >= 15 is 0 Å². The van der Waals surface area contributed by atoms with Gasteiger partial charge < -0.3 is 14.5 Å². The van der Waals surface area contributed by atoms with E-state index in [-0.39, 0.29) is 5.91 Å². The van der Waals surface area contributed by atoms with Gasteiger partial charge in [0.2, 0.25) is 5.91 Å². The molecule has 29 heavy (non-hydrogen) atoms. The largest absolute Gasteiger partial charge is 0.496 e. The van der Waals surface area contributed by atoms with Crippen LogP contribution >= 0.6 is 0 Å². The summed E-state index contributed by atoms with van der Waals surface area (Å²) in [4.78, 5) is 12.5. The van der Waals surface area contributed by atoms with Crippen LogP contribution in [0.2, 0.25) is 0 Å². The maximum absolute atomic E-state index is 12.5. The third-order valence-corrected chi connectivity index (χ3v) is 4.79. The average molecular weight is 383 g/mol. The summed E-state index contributed by atoms with van der Waals surface area (Å²) in [6.07, 6.45) is 3.34. The van der Waals surface area contributed by atoms with Gasteiger partial charge in [0.05, 0.1) is 13.4 Å². The minimum Gasteiger partial charge on any atom is -0.496 e. The minimum atomic E-state index is -0.189. The van der Waals surface area contributed by atoms with E-state index in [4.69, 9.17) is 9.15 Å². The zero-order valence-corrected chi connectivity index (χ0v) is 16.3. The molecule has 3 aromatic carbocycles. The molecule has 0 aliphatic rings. The second kappa shape index (κ2) is 8.07. The van der Waals surface area contributed by atoms with E-state index in [2.05, 4.69) is 5.32 Å². The van der Waals surface area contributed by atoms with Crippen LogP contribution in [0.25, 0.3) is 27.7 Å². The molecule has 0 unspecified atom stereocenters. The van der Waals surface area contributed by atoms with E-state index in [0.717, 1.165) is 38.9 Å². The Bertz CT molecular complexity index is 1170. The monoisotopic (exact) mass is 383 g/mol. The van der Waals surface area contributed by atoms with Gasteiger partial charge in [-0.05, 0) is 36.3 Å². The van der Waals surface area contributed by atoms with E-state index in [1.54, 1.807) is 19.4 Å². The summed E-state index contributed by atoms with van der Waals surface area (Å²) in [6, 6.07) is 23.3. The number of carbonyl (C=O) groups is 1. The van der Waals surface area contributed by atoms with Crippen LogP contribution < -0.4 is 10.1 Å². The number of fused-ring (bicyclic) bond motifs is 1. The highest BCUT2D eigenvalue weighted by Crippen LogP contribution is 2.37. The van der Waals surface area contributed by atoms with Crippen LogP contribution in [-0.4, -0.2) is 13.0 Å². The average Bonchev–Trinajstić information content (AvgIpc) is 3.17. The lowest BCUT2D eigenvalue weighted by atomic mass is 9.99. The Labute approximate surface area is 169 Å². The van der Waals surface area contributed by atoms with Gasteiger partial charge in [-0.25, -0.2) is 0 Å². The highest BCUT2D eigenvalue weighted by Gasteiger charge is 2.14. The Hall–Kier alpha value is -3.79. The molecule has 0 saturated heterocycles. The number of rotatable bonds is 5. The number of methoxy groups -OCH3 is 1. The number of benzene rings is 3. The number of para-hydroxylation sites is 1. The quantitative estimate of drug-likeness (QED) is 0.421. The third-order valence-electron chi connectivity index (χ3n) is 4.79. The second-order valence-corrected chi connectivity index (χ2v) is 6.75. The van der Waals surface area contributed by atoms with Gasteiger partial charge in [0.15, 0.2) is 0 Å². The molecule has 0 spiro atoms. The van der Waals surface area contributed by atoms with E-state index < -0.39 is 0 Å². The molecule has 0 bridgehead atoms. The lowest BCUT2D eigenvalue weighted by molar-refractivity contribution is -0.111. The number of furan rings is 1. The fraction of sp³-hybridized carbons (Fsp3) is 0.0800. The van der Waals surface area contributed by atoms with Crippen LogP contribution in [0.4, 0.5) is 5.69 Å². The molecule has 1 amide bonds. The summed E-state index contributed by atoms with van der Waals surface area (Å²) in [5.41, 5.74) is 5.23. The molecule has 0 saturated carbocycles. The summed E-state index contributed by atoms with van der Waals surface area (Å²) < 4.78 is 11.3. The van der Waals surface area contributed by atoms with Crippen molar-refractivity contribution in [1.29, 1.82) is 0 Å². The number of nitrogens with one attached hydrogen (secondary N) is 1. The predicted octanol–water partition coefficient (Wildman–Crippen LogP) is 6.15. The summed E-state index contributed by atoms with van der Waals surface area (Å²) in [5, 5.41) is 3.85. The summed E-state index contributed by atoms with van der Waals surface area (Å²) >= 11 is 0. The number of amides is 1. The van der Waals surface area contributed by atoms with Crippen LogP contribution in [0.15, 0.2) is 89.6 Å². The van der Waals surface area contributed by atoms with E-state index in [0.29, 0.717) is 5.75 Å². The van der Waals surface area contributed by atoms with E-state index in [1.807, 2.05) is 79.7 Å². The summed E-state index contributed by atoms with van der Waals surface area (Å²) in [7, 11) is 1.61. The highest BCUT2D eigenvalue weighted by molar-refractivity contribution is 6.05. The second-order valence-electron chi connectivity index (χ2n) is 6.75. The zero-order chi connectivity index (χ0) is 20.2. The standard InChI is InChI=1S/C25H21NO3/c1-17(13-25(27)26-19-11-7-4-8-12-19)20-14-21-22(18-9-5-3-6-10-18)16-29-24(21)15-23(20)28-2/h3-16H,1-2H3,(H,26,27)/b17-13+. The van der Waals surface area contributed by atoms with Crippen LogP contribution in [0, 0.1) is 0 Å². The number of hydrogen-bond donors (Lipinski definition) is 1. The number of carbonyl (C=O) groups excluding carboxylic acids is 1. The smallest absolute Gasteiger partial charge is 0.248 e. The van der Waals surface area contributed by atoms with Crippen molar-refractivity contribution >= 4 is 28.1 Å². The van der Waals surface area contributed by atoms with Crippen LogP contribution in [0.3, 0.4) is 0 Å². The van der Waals surface area contributed by atoms with Gasteiger partial charge >= 0.3 is 0 Å². The van der Waals surface area contributed by atoms with Gasteiger partial charge in [0.1, 0.15) is 11.3 Å². The van der Waals surface area contributed by atoms with Gasteiger partial charge in [0, 0.05) is 34.3 Å². The van der Waals surface area contributed by atoms with Crippen LogP contribution in [-0.2, 0) is 4.79 Å². The molecule has 1 N–H and O–H groups in total. The number of anilines is 1. The number of allylic oxidation sites excluding steroid dienone is 1. The molecule has 1 heterocycles. The zero-order valence-electron chi connectivity index (χ0n) is 16.3. The minimum absolute atomic E-state index is 0.189. The Balaban J connectivity index is 1.72. The Kier molecular flexibility index (Phi) is 5.16. The van der Waals surface area contributed by atoms with Crippen LogP contribution in [0.1, 0.15) is 12.5 Å². The lowest BCUT2D eigenvalue weighted by Gasteiger charge is -2.10. The number of ether oxygens (including phenoxy) is 1. The lowest BCUT2D eigenvalue weighted by Crippen LogP contribution is -2.08. The van der Waals surface area contributed by atoms with E-state index in [9.17, 15) is 4.79 Å². The van der Waals surface area contributed by atoms with Crippen molar-refractivity contribution < 1.29 is 13.9 Å². The van der Waals surface area contributed by atoms with Gasteiger partial charge in [0.25, 0.3) is 0 Å². The molecule has 4 rings (SSSR count). The van der Waals surface area contributed by atoms with Gasteiger partial charge in [-0.2, -0.15) is 0 Å². The van der Waals surface area contributed by atoms with Crippen molar-refractivity contribution in [3.05, 3.63) is 90.7 Å². The fourth-order valence-corrected chi connectivity index (χ4v) is 3.35. The highest BCUT2D eigenvalue weighted by atomic mass is 16.5. The molecule has 4 aromatic rings. The topological polar surface area (TPSA) is 51.5 Å². The predicted molar refractivity (Wildman–Crippen MR) is 117 cm³/mol. The van der Waals surface area contributed by atoms with Crippen molar-refractivity contribution in [2.45, 2.75) is 6.92 Å². The maximum atomic E-state index is 12.5. The first-order chi connectivity index (χ1) is 14.2. The first-order valence-electron chi connectivity index (χ1n) is 9.35. The van der Waals surface area contributed by atoms with Crippen molar-refractivity contribution in [3.63, 3.8) is 0 Å². The summed E-state index contributed by atoms with van der Waals surface area (Å²) in [5.74, 6) is 0.471. The van der Waals surface area contributed by atoms with E-state index in [1.165, 1.54) is 0 Å². The molecule has 4 nitrogen and oxygen atoms in total. The molecule has 0 aliphatic carbocycles. The third kappa shape index (κ3) is 3.92. The molecule has 144 valence electrons. The molecular formula is C25H21NO3. The molecule has 0 atom stereocenters. The molecule has 4 heteroatoms.